The highest BCUT2D eigenvalue weighted by molar-refractivity contribution is 7.99. The van der Waals surface area contributed by atoms with Crippen molar-refractivity contribution in [3.63, 3.8) is 0 Å². The Kier molecular flexibility index (Phi) is 2.85. The zero-order valence-electron chi connectivity index (χ0n) is 9.75. The highest BCUT2D eigenvalue weighted by Crippen LogP contribution is 2.59. The van der Waals surface area contributed by atoms with Gasteiger partial charge in [-0.05, 0) is 36.9 Å². The first-order valence-corrected chi connectivity index (χ1v) is 7.00. The number of rotatable bonds is 2. The van der Waals surface area contributed by atoms with E-state index in [1.54, 1.807) is 0 Å². The third-order valence-corrected chi connectivity index (χ3v) is 5.49. The average molecular weight is 230 g/mol. The van der Waals surface area contributed by atoms with Gasteiger partial charge in [0, 0.05) is 11.2 Å². The first kappa shape index (κ1) is 11.7. The predicted molar refractivity (Wildman–Crippen MR) is 64.0 cm³/mol. The smallest absolute Gasteiger partial charge is 0.0743 e. The van der Waals surface area contributed by atoms with Crippen LogP contribution in [0, 0.1) is 10.8 Å². The first-order valence-electron chi connectivity index (χ1n) is 5.84. The lowest BCUT2D eigenvalue weighted by Gasteiger charge is -2.60. The normalized spacial score (nSPS) is 38.4. The molecule has 2 nitrogen and oxygen atoms in total. The fraction of sp³-hybridized carbons (Fsp3) is 1.00. The molecule has 2 aliphatic rings. The fourth-order valence-corrected chi connectivity index (χ4v) is 4.79. The Morgan fingerprint density at radius 2 is 1.93 bits per heavy atom. The van der Waals surface area contributed by atoms with Crippen LogP contribution in [0.5, 0.6) is 0 Å². The first-order chi connectivity index (χ1) is 6.93. The summed E-state index contributed by atoms with van der Waals surface area (Å²) in [5.74, 6) is 2.11. The van der Waals surface area contributed by atoms with Crippen LogP contribution in [-0.2, 0) is 0 Å². The molecule has 1 heterocycles. The molecule has 0 radical (unpaired) electrons. The minimum absolute atomic E-state index is 0.145. The van der Waals surface area contributed by atoms with Crippen LogP contribution in [-0.4, -0.2) is 33.9 Å². The van der Waals surface area contributed by atoms with Crippen molar-refractivity contribution < 1.29 is 10.2 Å². The van der Waals surface area contributed by atoms with Crippen LogP contribution < -0.4 is 0 Å². The number of thioether (sulfide) groups is 1. The maximum Gasteiger partial charge on any atom is 0.0743 e. The summed E-state index contributed by atoms with van der Waals surface area (Å²) in [6, 6.07) is 0. The Morgan fingerprint density at radius 3 is 2.33 bits per heavy atom. The second-order valence-electron chi connectivity index (χ2n) is 6.14. The molecule has 0 amide bonds. The predicted octanol–water partition coefficient (Wildman–Crippen LogP) is 2.04. The summed E-state index contributed by atoms with van der Waals surface area (Å²) in [6.45, 7) is 4.54. The molecular weight excluding hydrogens is 208 g/mol. The molecule has 0 bridgehead atoms. The second-order valence-corrected chi connectivity index (χ2v) is 7.25. The molecule has 1 aliphatic carbocycles. The van der Waals surface area contributed by atoms with Crippen LogP contribution >= 0.6 is 11.8 Å². The van der Waals surface area contributed by atoms with E-state index in [9.17, 15) is 10.2 Å². The molecule has 0 aromatic heterocycles. The lowest BCUT2D eigenvalue weighted by molar-refractivity contribution is -0.202. The van der Waals surface area contributed by atoms with Crippen LogP contribution in [0.2, 0.25) is 0 Å². The minimum Gasteiger partial charge on any atom is -0.396 e. The maximum absolute atomic E-state index is 10.6. The summed E-state index contributed by atoms with van der Waals surface area (Å²) in [5, 5.41) is 20.3. The summed E-state index contributed by atoms with van der Waals surface area (Å²) in [7, 11) is 0. The lowest BCUT2D eigenvalue weighted by Crippen LogP contribution is -2.63. The van der Waals surface area contributed by atoms with Gasteiger partial charge in [0.25, 0.3) is 0 Å². The van der Waals surface area contributed by atoms with Gasteiger partial charge < -0.3 is 10.2 Å². The zero-order valence-corrected chi connectivity index (χ0v) is 10.6. The molecule has 0 aromatic carbocycles. The summed E-state index contributed by atoms with van der Waals surface area (Å²) < 4.78 is 0. The van der Waals surface area contributed by atoms with Gasteiger partial charge in [-0.25, -0.2) is 0 Å². The van der Waals surface area contributed by atoms with E-state index >= 15 is 0 Å². The average Bonchev–Trinajstić information content (AvgIpc) is 2.15. The summed E-state index contributed by atoms with van der Waals surface area (Å²) in [4.78, 5) is 0. The van der Waals surface area contributed by atoms with E-state index in [-0.39, 0.29) is 17.4 Å². The Balaban J connectivity index is 2.12. The van der Waals surface area contributed by atoms with Gasteiger partial charge >= 0.3 is 0 Å². The van der Waals surface area contributed by atoms with Gasteiger partial charge in [-0.1, -0.05) is 13.8 Å². The van der Waals surface area contributed by atoms with Crippen LogP contribution in [0.25, 0.3) is 0 Å². The molecule has 1 saturated heterocycles. The highest BCUT2D eigenvalue weighted by atomic mass is 32.2. The number of aliphatic hydroxyl groups excluding tert-OH is 1. The van der Waals surface area contributed by atoms with Crippen molar-refractivity contribution in [3.8, 4) is 0 Å². The maximum atomic E-state index is 10.6. The Morgan fingerprint density at radius 1 is 1.27 bits per heavy atom. The molecule has 1 saturated carbocycles. The van der Waals surface area contributed by atoms with E-state index in [1.807, 2.05) is 11.8 Å². The number of hydrogen-bond acceptors (Lipinski definition) is 3. The third kappa shape index (κ3) is 1.83. The van der Waals surface area contributed by atoms with E-state index in [0.29, 0.717) is 0 Å². The fourth-order valence-electron chi connectivity index (χ4n) is 3.40. The second kappa shape index (κ2) is 3.64. The topological polar surface area (TPSA) is 40.5 Å². The zero-order chi connectivity index (χ0) is 11.2. The third-order valence-electron chi connectivity index (χ3n) is 4.15. The standard InChI is InChI=1S/C12H22O2S/c1-10(2)6-12(14,7-10)11(8-13)4-3-5-15-9-11/h13-14H,3-9H2,1-2H3. The number of hydrogen-bond donors (Lipinski definition) is 2. The Labute approximate surface area is 96.5 Å². The van der Waals surface area contributed by atoms with Crippen LogP contribution in [0.15, 0.2) is 0 Å². The molecular formula is C12H22O2S. The summed E-state index contributed by atoms with van der Waals surface area (Å²) >= 11 is 1.88. The lowest BCUT2D eigenvalue weighted by atomic mass is 9.51. The van der Waals surface area contributed by atoms with E-state index in [2.05, 4.69) is 13.8 Å². The van der Waals surface area contributed by atoms with Crippen molar-refractivity contribution in [3.05, 3.63) is 0 Å². The molecule has 1 aliphatic heterocycles. The molecule has 3 heteroatoms. The van der Waals surface area contributed by atoms with Crippen LogP contribution in [0.4, 0.5) is 0 Å². The van der Waals surface area contributed by atoms with E-state index in [0.717, 1.165) is 31.4 Å². The SMILES string of the molecule is CC1(C)CC(O)(C2(CO)CCCSC2)C1. The van der Waals surface area contributed by atoms with Crippen molar-refractivity contribution >= 4 is 11.8 Å². The molecule has 2 fully saturated rings. The van der Waals surface area contributed by atoms with Crippen molar-refractivity contribution in [1.82, 2.24) is 0 Å². The molecule has 1 atom stereocenters. The summed E-state index contributed by atoms with van der Waals surface area (Å²) in [6.07, 6.45) is 3.82. The van der Waals surface area contributed by atoms with Crippen LogP contribution in [0.1, 0.15) is 39.5 Å². The monoisotopic (exact) mass is 230 g/mol. The van der Waals surface area contributed by atoms with Crippen LogP contribution in [0.3, 0.4) is 0 Å². The molecule has 88 valence electrons. The molecule has 15 heavy (non-hydrogen) atoms. The van der Waals surface area contributed by atoms with Gasteiger partial charge in [0.15, 0.2) is 0 Å². The quantitative estimate of drug-likeness (QED) is 0.762. The van der Waals surface area contributed by atoms with Gasteiger partial charge in [-0.3, -0.25) is 0 Å². The molecule has 1 unspecified atom stereocenters. The largest absolute Gasteiger partial charge is 0.396 e. The minimum atomic E-state index is -0.599. The van der Waals surface area contributed by atoms with Crippen molar-refractivity contribution in [2.75, 3.05) is 18.1 Å². The molecule has 2 N–H and O–H groups in total. The van der Waals surface area contributed by atoms with Gasteiger partial charge in [-0.15, -0.1) is 0 Å². The summed E-state index contributed by atoms with van der Waals surface area (Å²) in [5.41, 5.74) is -0.552. The molecule has 2 rings (SSSR count). The molecule has 0 aromatic rings. The van der Waals surface area contributed by atoms with Crippen molar-refractivity contribution in [2.24, 2.45) is 10.8 Å². The Hall–Kier alpha value is 0.270. The van der Waals surface area contributed by atoms with Crippen molar-refractivity contribution in [1.29, 1.82) is 0 Å². The van der Waals surface area contributed by atoms with E-state index in [1.165, 1.54) is 5.75 Å². The Bertz CT molecular complexity index is 236. The van der Waals surface area contributed by atoms with Gasteiger partial charge in [0.05, 0.1) is 12.2 Å². The van der Waals surface area contributed by atoms with E-state index < -0.39 is 5.60 Å². The highest BCUT2D eigenvalue weighted by Gasteiger charge is 2.60. The van der Waals surface area contributed by atoms with E-state index in [4.69, 9.17) is 0 Å². The molecule has 0 spiro atoms. The number of aliphatic hydroxyl groups is 2. The van der Waals surface area contributed by atoms with Crippen molar-refractivity contribution in [2.45, 2.75) is 45.1 Å². The van der Waals surface area contributed by atoms with Gasteiger partial charge in [-0.2, -0.15) is 11.8 Å². The van der Waals surface area contributed by atoms with Gasteiger partial charge in [0.2, 0.25) is 0 Å². The van der Waals surface area contributed by atoms with Gasteiger partial charge in [0.1, 0.15) is 0 Å².